The summed E-state index contributed by atoms with van der Waals surface area (Å²) < 4.78 is 71.1. The highest BCUT2D eigenvalue weighted by atomic mass is 19.3. The highest BCUT2D eigenvalue weighted by Gasteiger charge is 2.50. The molecule has 42 heavy (non-hydrogen) atoms. The second kappa shape index (κ2) is 10.7. The number of carbonyl (C=O) groups excluding carboxylic acids is 2. The lowest BCUT2D eigenvalue weighted by Gasteiger charge is -2.22. The molecule has 2 aromatic heterocycles. The Morgan fingerprint density at radius 2 is 1.81 bits per heavy atom. The number of aromatic nitrogens is 3. The predicted molar refractivity (Wildman–Crippen MR) is 141 cm³/mol. The van der Waals surface area contributed by atoms with Gasteiger partial charge in [-0.3, -0.25) is 19.3 Å². The van der Waals surface area contributed by atoms with E-state index in [2.05, 4.69) is 15.4 Å². The van der Waals surface area contributed by atoms with Crippen molar-refractivity contribution >= 4 is 11.8 Å². The van der Waals surface area contributed by atoms with Gasteiger partial charge in [-0.05, 0) is 72.6 Å². The van der Waals surface area contributed by atoms with Gasteiger partial charge >= 0.3 is 0 Å². The molecular formula is C30H24F5N5O2. The van der Waals surface area contributed by atoms with E-state index in [-0.39, 0.29) is 47.3 Å². The molecule has 3 N–H and O–H groups in total. The first kappa shape index (κ1) is 27.6. The van der Waals surface area contributed by atoms with Crippen LogP contribution in [0.15, 0.2) is 54.7 Å². The number of carbonyl (C=O) groups is 2. The molecule has 3 atom stereocenters. The molecule has 2 aromatic carbocycles. The quantitative estimate of drug-likeness (QED) is 0.267. The standard InChI is InChI=1S/C30H24F5N5O2/c31-17-6-14(7-18(32)12-17)8-23(27-19(2-1-5-37-27)15-3-4-22(33)21(9-15)30(36)42)38-25(41)13-40-24-11-16-10-20(16)26(24)28(39-40)29(34)35/h1-7,9,12,16,20,23,29H,8,10-11,13H2,(H2,36,42)(H,38,41)/t16-,20-,23-/m0/s1. The van der Waals surface area contributed by atoms with E-state index >= 15 is 0 Å². The summed E-state index contributed by atoms with van der Waals surface area (Å²) in [6.07, 6.45) is -0.0199. The SMILES string of the molecule is NC(=O)c1cc(-c2cccnc2[C@H](Cc2cc(F)cc(F)c2)NC(=O)Cn2nc(C(F)F)c3c2C[C@@H]2C[C@H]32)ccc1F. The third-order valence-electron chi connectivity index (χ3n) is 7.78. The molecule has 7 nitrogen and oxygen atoms in total. The fourth-order valence-electron chi connectivity index (χ4n) is 5.90. The Morgan fingerprint density at radius 1 is 1.05 bits per heavy atom. The molecule has 0 aliphatic heterocycles. The molecular weight excluding hydrogens is 557 g/mol. The third-order valence-corrected chi connectivity index (χ3v) is 7.78. The van der Waals surface area contributed by atoms with Gasteiger partial charge < -0.3 is 11.1 Å². The molecule has 12 heteroatoms. The maximum Gasteiger partial charge on any atom is 0.282 e. The topological polar surface area (TPSA) is 103 Å². The first-order valence-electron chi connectivity index (χ1n) is 13.3. The lowest BCUT2D eigenvalue weighted by atomic mass is 9.94. The largest absolute Gasteiger partial charge is 0.366 e. The van der Waals surface area contributed by atoms with E-state index in [1.54, 1.807) is 12.1 Å². The first-order chi connectivity index (χ1) is 20.1. The minimum atomic E-state index is -2.77. The van der Waals surface area contributed by atoms with E-state index in [0.717, 1.165) is 30.7 Å². The van der Waals surface area contributed by atoms with E-state index in [9.17, 15) is 31.5 Å². The van der Waals surface area contributed by atoms with Crippen molar-refractivity contribution < 1.29 is 31.5 Å². The number of hydrogen-bond acceptors (Lipinski definition) is 4. The van der Waals surface area contributed by atoms with Gasteiger partial charge in [-0.25, -0.2) is 22.0 Å². The molecule has 4 aromatic rings. The Hall–Kier alpha value is -4.61. The molecule has 6 rings (SSSR count). The molecule has 2 amide bonds. The van der Waals surface area contributed by atoms with Gasteiger partial charge in [0.15, 0.2) is 0 Å². The molecule has 0 bridgehead atoms. The van der Waals surface area contributed by atoms with Crippen LogP contribution in [-0.2, 0) is 24.2 Å². The van der Waals surface area contributed by atoms with Crippen molar-refractivity contribution in [3.63, 3.8) is 0 Å². The van der Waals surface area contributed by atoms with E-state index in [1.807, 2.05) is 0 Å². The Kier molecular flexibility index (Phi) is 6.99. The molecule has 2 aliphatic carbocycles. The maximum absolute atomic E-state index is 14.2. The van der Waals surface area contributed by atoms with Crippen LogP contribution in [0.4, 0.5) is 22.0 Å². The summed E-state index contributed by atoms with van der Waals surface area (Å²) in [5, 5.41) is 6.87. The van der Waals surface area contributed by atoms with E-state index in [0.29, 0.717) is 28.8 Å². The number of fused-ring (bicyclic) bond motifs is 3. The number of amides is 2. The second-order valence-electron chi connectivity index (χ2n) is 10.6. The Bertz CT molecular complexity index is 1700. The van der Waals surface area contributed by atoms with Crippen LogP contribution in [0, 0.1) is 23.4 Å². The summed E-state index contributed by atoms with van der Waals surface area (Å²) in [5.74, 6) is -3.67. The number of hydrogen-bond donors (Lipinski definition) is 2. The number of benzene rings is 2. The zero-order valence-corrected chi connectivity index (χ0v) is 22.0. The molecule has 216 valence electrons. The predicted octanol–water partition coefficient (Wildman–Crippen LogP) is 5.16. The number of halogens is 5. The van der Waals surface area contributed by atoms with E-state index in [1.165, 1.54) is 23.0 Å². The molecule has 0 spiro atoms. The summed E-state index contributed by atoms with van der Waals surface area (Å²) in [6, 6.07) is 8.96. The van der Waals surface area contributed by atoms with Crippen molar-refractivity contribution in [2.24, 2.45) is 11.7 Å². The Balaban J connectivity index is 1.35. The van der Waals surface area contributed by atoms with Gasteiger partial charge in [0.2, 0.25) is 5.91 Å². The first-order valence-corrected chi connectivity index (χ1v) is 13.3. The highest BCUT2D eigenvalue weighted by molar-refractivity contribution is 5.94. The van der Waals surface area contributed by atoms with Crippen LogP contribution in [0.3, 0.4) is 0 Å². The van der Waals surface area contributed by atoms with Gasteiger partial charge in [0.25, 0.3) is 12.3 Å². The van der Waals surface area contributed by atoms with Crippen LogP contribution in [0.5, 0.6) is 0 Å². The Labute approximate surface area is 236 Å². The molecule has 0 unspecified atom stereocenters. The maximum atomic E-state index is 14.2. The van der Waals surface area contributed by atoms with Gasteiger partial charge in [0.1, 0.15) is 29.7 Å². The number of primary amides is 1. The fraction of sp³-hybridized carbons (Fsp3) is 0.267. The third kappa shape index (κ3) is 5.24. The van der Waals surface area contributed by atoms with Crippen LogP contribution in [0.1, 0.15) is 63.4 Å². The summed E-state index contributed by atoms with van der Waals surface area (Å²) in [5.41, 5.74) is 7.06. The molecule has 1 fully saturated rings. The van der Waals surface area contributed by atoms with Crippen LogP contribution in [0.25, 0.3) is 11.1 Å². The van der Waals surface area contributed by atoms with E-state index < -0.39 is 41.7 Å². The lowest BCUT2D eigenvalue weighted by molar-refractivity contribution is -0.122. The van der Waals surface area contributed by atoms with Crippen molar-refractivity contribution in [2.75, 3.05) is 0 Å². The number of nitrogens with two attached hydrogens (primary N) is 1. The highest BCUT2D eigenvalue weighted by Crippen LogP contribution is 2.58. The summed E-state index contributed by atoms with van der Waals surface area (Å²) in [6.45, 7) is -0.354. The average Bonchev–Trinajstić information content (AvgIpc) is 3.45. The van der Waals surface area contributed by atoms with Gasteiger partial charge in [0, 0.05) is 29.1 Å². The average molecular weight is 582 g/mol. The van der Waals surface area contributed by atoms with Crippen LogP contribution < -0.4 is 11.1 Å². The van der Waals surface area contributed by atoms with Crippen molar-refractivity contribution in [1.82, 2.24) is 20.1 Å². The molecule has 0 saturated heterocycles. The van der Waals surface area contributed by atoms with Crippen molar-refractivity contribution in [3.8, 4) is 11.1 Å². The van der Waals surface area contributed by atoms with Crippen molar-refractivity contribution in [2.45, 2.75) is 44.2 Å². The number of alkyl halides is 2. The zero-order chi connectivity index (χ0) is 29.7. The van der Waals surface area contributed by atoms with E-state index in [4.69, 9.17) is 5.73 Å². The van der Waals surface area contributed by atoms with Gasteiger partial charge in [-0.1, -0.05) is 12.1 Å². The number of rotatable bonds is 9. The second-order valence-corrected chi connectivity index (χ2v) is 10.6. The smallest absolute Gasteiger partial charge is 0.282 e. The summed E-state index contributed by atoms with van der Waals surface area (Å²) >= 11 is 0. The molecule has 2 heterocycles. The number of pyridine rings is 1. The zero-order valence-electron chi connectivity index (χ0n) is 22.0. The van der Waals surface area contributed by atoms with Crippen LogP contribution >= 0.6 is 0 Å². The number of nitrogens with one attached hydrogen (secondary N) is 1. The van der Waals surface area contributed by atoms with Gasteiger partial charge in [-0.2, -0.15) is 5.10 Å². The molecule has 1 saturated carbocycles. The summed E-state index contributed by atoms with van der Waals surface area (Å²) in [7, 11) is 0. The lowest BCUT2D eigenvalue weighted by Crippen LogP contribution is -2.34. The van der Waals surface area contributed by atoms with Crippen LogP contribution in [0.2, 0.25) is 0 Å². The van der Waals surface area contributed by atoms with Gasteiger partial charge in [0.05, 0.1) is 17.3 Å². The molecule has 2 aliphatic rings. The molecule has 0 radical (unpaired) electrons. The normalized spacial score (nSPS) is 17.6. The fourth-order valence-corrected chi connectivity index (χ4v) is 5.90. The Morgan fingerprint density at radius 3 is 2.52 bits per heavy atom. The van der Waals surface area contributed by atoms with Gasteiger partial charge in [-0.15, -0.1) is 0 Å². The minimum Gasteiger partial charge on any atom is -0.366 e. The van der Waals surface area contributed by atoms with Crippen molar-refractivity contribution in [1.29, 1.82) is 0 Å². The minimum absolute atomic E-state index is 0.0495. The monoisotopic (exact) mass is 581 g/mol. The number of nitrogens with zero attached hydrogens (tertiary/aromatic N) is 3. The summed E-state index contributed by atoms with van der Waals surface area (Å²) in [4.78, 5) is 29.6. The van der Waals surface area contributed by atoms with Crippen molar-refractivity contribution in [3.05, 3.63) is 106 Å². The van der Waals surface area contributed by atoms with Crippen LogP contribution in [-0.4, -0.2) is 26.6 Å².